The first-order valence-electron chi connectivity index (χ1n) is 8.79. The third kappa shape index (κ3) is 3.25. The number of carbonyl (C=O) groups excluding carboxylic acids is 1. The van der Waals surface area contributed by atoms with E-state index in [1.165, 1.54) is 16.3 Å². The molecule has 4 rings (SSSR count). The molecular weight excluding hydrogens is 284 g/mol. The molecule has 2 aliphatic rings. The molecule has 0 spiro atoms. The van der Waals surface area contributed by atoms with E-state index in [4.69, 9.17) is 0 Å². The molecule has 1 amide bonds. The van der Waals surface area contributed by atoms with Gasteiger partial charge in [-0.2, -0.15) is 0 Å². The predicted octanol–water partition coefficient (Wildman–Crippen LogP) is 3.28. The maximum absolute atomic E-state index is 12.3. The Hall–Kier alpha value is -1.87. The van der Waals surface area contributed by atoms with Crippen LogP contribution in [0.1, 0.15) is 24.8 Å². The molecule has 2 fully saturated rings. The van der Waals surface area contributed by atoms with Crippen molar-refractivity contribution in [2.45, 2.75) is 25.8 Å². The number of carbonyl (C=O) groups is 1. The van der Waals surface area contributed by atoms with Gasteiger partial charge in [0.25, 0.3) is 0 Å². The Morgan fingerprint density at radius 1 is 0.957 bits per heavy atom. The molecule has 0 aromatic heterocycles. The van der Waals surface area contributed by atoms with Crippen molar-refractivity contribution in [1.29, 1.82) is 0 Å². The van der Waals surface area contributed by atoms with E-state index in [9.17, 15) is 4.79 Å². The van der Waals surface area contributed by atoms with E-state index >= 15 is 0 Å². The summed E-state index contributed by atoms with van der Waals surface area (Å²) in [5.41, 5.74) is 1.39. The predicted molar refractivity (Wildman–Crippen MR) is 93.1 cm³/mol. The molecular formula is C20H24N2O. The molecule has 1 heterocycles. The first-order chi connectivity index (χ1) is 11.3. The average molecular weight is 308 g/mol. The largest absolute Gasteiger partial charge is 0.341 e. The molecule has 2 aromatic rings. The fourth-order valence-corrected chi connectivity index (χ4v) is 3.61. The SMILES string of the molecule is O=C(C1CC1)N1CCCN(Cc2cccc3ccccc23)CC1. The van der Waals surface area contributed by atoms with Gasteiger partial charge in [-0.15, -0.1) is 0 Å². The van der Waals surface area contributed by atoms with Crippen molar-refractivity contribution in [2.75, 3.05) is 26.2 Å². The summed E-state index contributed by atoms with van der Waals surface area (Å²) in [5.74, 6) is 0.747. The van der Waals surface area contributed by atoms with Gasteiger partial charge in [0.15, 0.2) is 0 Å². The summed E-state index contributed by atoms with van der Waals surface area (Å²) >= 11 is 0. The zero-order chi connectivity index (χ0) is 15.6. The molecule has 0 unspecified atom stereocenters. The lowest BCUT2D eigenvalue weighted by atomic mass is 10.0. The molecule has 23 heavy (non-hydrogen) atoms. The highest BCUT2D eigenvalue weighted by molar-refractivity contribution is 5.85. The first kappa shape index (κ1) is 14.7. The van der Waals surface area contributed by atoms with Crippen molar-refractivity contribution in [3.8, 4) is 0 Å². The Bertz CT molecular complexity index is 702. The van der Waals surface area contributed by atoms with Crippen LogP contribution in [0.15, 0.2) is 42.5 Å². The van der Waals surface area contributed by atoms with Crippen molar-refractivity contribution >= 4 is 16.7 Å². The van der Waals surface area contributed by atoms with Crippen molar-refractivity contribution in [3.05, 3.63) is 48.0 Å². The molecule has 3 nitrogen and oxygen atoms in total. The maximum Gasteiger partial charge on any atom is 0.225 e. The third-order valence-corrected chi connectivity index (χ3v) is 5.10. The summed E-state index contributed by atoms with van der Waals surface area (Å²) in [5, 5.41) is 2.66. The summed E-state index contributed by atoms with van der Waals surface area (Å²) in [7, 11) is 0. The molecule has 1 aliphatic heterocycles. The van der Waals surface area contributed by atoms with Crippen LogP contribution in [0.2, 0.25) is 0 Å². The standard InChI is InChI=1S/C20H24N2O/c23-20(17-9-10-17)22-12-4-11-21(13-14-22)15-18-7-3-6-16-5-1-2-8-19(16)18/h1-3,5-8,17H,4,9-15H2. The fourth-order valence-electron chi connectivity index (χ4n) is 3.61. The Labute approximate surface area is 137 Å². The van der Waals surface area contributed by atoms with Crippen LogP contribution in [0.3, 0.4) is 0 Å². The molecule has 1 saturated carbocycles. The highest BCUT2D eigenvalue weighted by Gasteiger charge is 2.33. The van der Waals surface area contributed by atoms with Crippen LogP contribution in [-0.2, 0) is 11.3 Å². The van der Waals surface area contributed by atoms with E-state index in [0.717, 1.165) is 52.0 Å². The van der Waals surface area contributed by atoms with E-state index < -0.39 is 0 Å². The number of fused-ring (bicyclic) bond motifs is 1. The van der Waals surface area contributed by atoms with Crippen LogP contribution in [0.4, 0.5) is 0 Å². The minimum absolute atomic E-state index is 0.347. The minimum Gasteiger partial charge on any atom is -0.341 e. The van der Waals surface area contributed by atoms with Crippen LogP contribution in [0.25, 0.3) is 10.8 Å². The Balaban J connectivity index is 1.45. The zero-order valence-electron chi connectivity index (χ0n) is 13.6. The third-order valence-electron chi connectivity index (χ3n) is 5.10. The number of amides is 1. The minimum atomic E-state index is 0.347. The summed E-state index contributed by atoms with van der Waals surface area (Å²) < 4.78 is 0. The van der Waals surface area contributed by atoms with E-state index in [0.29, 0.717) is 11.8 Å². The van der Waals surface area contributed by atoms with E-state index in [-0.39, 0.29) is 0 Å². The molecule has 0 N–H and O–H groups in total. The van der Waals surface area contributed by atoms with Gasteiger partial charge in [0, 0.05) is 38.6 Å². The van der Waals surface area contributed by atoms with Crippen molar-refractivity contribution in [1.82, 2.24) is 9.80 Å². The highest BCUT2D eigenvalue weighted by atomic mass is 16.2. The van der Waals surface area contributed by atoms with Gasteiger partial charge < -0.3 is 4.90 Å². The lowest BCUT2D eigenvalue weighted by Gasteiger charge is -2.22. The second-order valence-electron chi connectivity index (χ2n) is 6.87. The van der Waals surface area contributed by atoms with Gasteiger partial charge in [0.2, 0.25) is 5.91 Å². The smallest absolute Gasteiger partial charge is 0.225 e. The van der Waals surface area contributed by atoms with Gasteiger partial charge in [0.05, 0.1) is 0 Å². The van der Waals surface area contributed by atoms with E-state index in [2.05, 4.69) is 52.3 Å². The number of hydrogen-bond donors (Lipinski definition) is 0. The Morgan fingerprint density at radius 3 is 2.65 bits per heavy atom. The molecule has 1 saturated heterocycles. The second kappa shape index (κ2) is 6.32. The van der Waals surface area contributed by atoms with Crippen molar-refractivity contribution in [2.24, 2.45) is 5.92 Å². The van der Waals surface area contributed by atoms with Crippen LogP contribution in [-0.4, -0.2) is 41.9 Å². The Kier molecular flexibility index (Phi) is 4.04. The second-order valence-corrected chi connectivity index (χ2v) is 6.87. The lowest BCUT2D eigenvalue weighted by molar-refractivity contribution is -0.132. The molecule has 1 aliphatic carbocycles. The van der Waals surface area contributed by atoms with Crippen LogP contribution >= 0.6 is 0 Å². The Morgan fingerprint density at radius 2 is 1.78 bits per heavy atom. The van der Waals surface area contributed by atoms with Crippen LogP contribution < -0.4 is 0 Å². The monoisotopic (exact) mass is 308 g/mol. The zero-order valence-corrected chi connectivity index (χ0v) is 13.6. The van der Waals surface area contributed by atoms with Gasteiger partial charge in [-0.05, 0) is 35.6 Å². The van der Waals surface area contributed by atoms with Gasteiger partial charge in [0.1, 0.15) is 0 Å². The van der Waals surface area contributed by atoms with Gasteiger partial charge in [-0.3, -0.25) is 9.69 Å². The number of nitrogens with zero attached hydrogens (tertiary/aromatic N) is 2. The maximum atomic E-state index is 12.3. The van der Waals surface area contributed by atoms with E-state index in [1.54, 1.807) is 0 Å². The molecule has 3 heteroatoms. The number of benzene rings is 2. The topological polar surface area (TPSA) is 23.6 Å². The van der Waals surface area contributed by atoms with Gasteiger partial charge in [-0.1, -0.05) is 42.5 Å². The summed E-state index contributed by atoms with van der Waals surface area (Å²) in [6.07, 6.45) is 3.30. The average Bonchev–Trinajstić information content (AvgIpc) is 3.42. The number of rotatable bonds is 3. The lowest BCUT2D eigenvalue weighted by Crippen LogP contribution is -2.36. The van der Waals surface area contributed by atoms with Crippen molar-refractivity contribution < 1.29 is 4.79 Å². The highest BCUT2D eigenvalue weighted by Crippen LogP contribution is 2.31. The molecule has 0 atom stereocenters. The number of hydrogen-bond acceptors (Lipinski definition) is 2. The van der Waals surface area contributed by atoms with Crippen molar-refractivity contribution in [3.63, 3.8) is 0 Å². The van der Waals surface area contributed by atoms with E-state index in [1.807, 2.05) is 0 Å². The van der Waals surface area contributed by atoms with Crippen LogP contribution in [0.5, 0.6) is 0 Å². The summed E-state index contributed by atoms with van der Waals surface area (Å²) in [6, 6.07) is 15.2. The normalized spacial score (nSPS) is 19.7. The molecule has 0 bridgehead atoms. The fraction of sp³-hybridized carbons (Fsp3) is 0.450. The quantitative estimate of drug-likeness (QED) is 0.869. The summed E-state index contributed by atoms with van der Waals surface area (Å²) in [6.45, 7) is 4.87. The van der Waals surface area contributed by atoms with Gasteiger partial charge >= 0.3 is 0 Å². The first-order valence-corrected chi connectivity index (χ1v) is 8.79. The molecule has 120 valence electrons. The molecule has 2 aromatic carbocycles. The van der Waals surface area contributed by atoms with Crippen LogP contribution in [0, 0.1) is 5.92 Å². The van der Waals surface area contributed by atoms with Gasteiger partial charge in [-0.25, -0.2) is 0 Å². The molecule has 0 radical (unpaired) electrons. The summed E-state index contributed by atoms with van der Waals surface area (Å²) in [4.78, 5) is 16.9.